The predicted octanol–water partition coefficient (Wildman–Crippen LogP) is 3.02. The fourth-order valence-electron chi connectivity index (χ4n) is 2.06. The average molecular weight is 349 g/mol. The van der Waals surface area contributed by atoms with E-state index in [1.165, 1.54) is 29.7 Å². The van der Waals surface area contributed by atoms with Gasteiger partial charge in [-0.2, -0.15) is 0 Å². The number of thiazole rings is 1. The lowest BCUT2D eigenvalue weighted by atomic mass is 10.2. The number of nitrogens with zero attached hydrogens (tertiary/aromatic N) is 3. The highest BCUT2D eigenvalue weighted by molar-refractivity contribution is 7.89. The molecule has 1 aromatic carbocycles. The summed E-state index contributed by atoms with van der Waals surface area (Å²) < 4.78 is 31.4. The van der Waals surface area contributed by atoms with Crippen LogP contribution in [0.15, 0.2) is 45.1 Å². The van der Waals surface area contributed by atoms with Crippen molar-refractivity contribution in [1.82, 2.24) is 14.4 Å². The molecule has 0 radical (unpaired) electrons. The number of aryl methyl sites for hydroxylation is 1. The Kier molecular flexibility index (Phi) is 4.05. The molecule has 0 N–H and O–H groups in total. The van der Waals surface area contributed by atoms with Gasteiger partial charge >= 0.3 is 0 Å². The fraction of sp³-hybridized carbons (Fsp3) is 0.200. The summed E-state index contributed by atoms with van der Waals surface area (Å²) in [7, 11) is -0.522. The molecule has 0 aliphatic rings. The van der Waals surface area contributed by atoms with Crippen molar-refractivity contribution in [3.63, 3.8) is 0 Å². The monoisotopic (exact) mass is 349 g/mol. The first-order valence-corrected chi connectivity index (χ1v) is 9.12. The van der Waals surface area contributed by atoms with E-state index in [1.54, 1.807) is 30.3 Å². The van der Waals surface area contributed by atoms with E-state index in [-0.39, 0.29) is 4.90 Å². The van der Waals surface area contributed by atoms with E-state index in [4.69, 9.17) is 4.52 Å². The molecular formula is C15H15N3O3S2. The van der Waals surface area contributed by atoms with E-state index in [0.717, 1.165) is 5.69 Å². The van der Waals surface area contributed by atoms with Crippen LogP contribution in [0.1, 0.15) is 5.69 Å². The topological polar surface area (TPSA) is 76.3 Å². The normalized spacial score (nSPS) is 12.0. The number of hydrogen-bond acceptors (Lipinski definition) is 6. The van der Waals surface area contributed by atoms with Crippen molar-refractivity contribution in [2.45, 2.75) is 11.8 Å². The minimum atomic E-state index is -3.54. The molecule has 0 bridgehead atoms. The van der Waals surface area contributed by atoms with Crippen LogP contribution in [0, 0.1) is 6.92 Å². The van der Waals surface area contributed by atoms with E-state index in [1.807, 2.05) is 12.3 Å². The fourth-order valence-corrected chi connectivity index (χ4v) is 4.06. The minimum Gasteiger partial charge on any atom is -0.354 e. The van der Waals surface area contributed by atoms with Gasteiger partial charge in [-0.05, 0) is 13.0 Å². The van der Waals surface area contributed by atoms with Crippen molar-refractivity contribution in [1.29, 1.82) is 0 Å². The van der Waals surface area contributed by atoms with Gasteiger partial charge in [0.2, 0.25) is 10.0 Å². The van der Waals surface area contributed by atoms with E-state index in [9.17, 15) is 8.42 Å². The molecule has 2 aromatic heterocycles. The van der Waals surface area contributed by atoms with Gasteiger partial charge in [0, 0.05) is 31.1 Å². The molecule has 0 atom stereocenters. The summed E-state index contributed by atoms with van der Waals surface area (Å²) in [6.07, 6.45) is 0. The zero-order valence-electron chi connectivity index (χ0n) is 12.8. The highest BCUT2D eigenvalue weighted by Crippen LogP contribution is 2.33. The molecule has 0 spiro atoms. The second kappa shape index (κ2) is 5.88. The van der Waals surface area contributed by atoms with Gasteiger partial charge in [0.1, 0.15) is 10.7 Å². The van der Waals surface area contributed by atoms with Crippen LogP contribution in [-0.2, 0) is 10.0 Å². The Balaban J connectivity index is 2.09. The first-order chi connectivity index (χ1) is 10.9. The Morgan fingerprint density at radius 2 is 1.96 bits per heavy atom. The quantitative estimate of drug-likeness (QED) is 0.723. The molecule has 6 nitrogen and oxygen atoms in total. The Morgan fingerprint density at radius 1 is 1.22 bits per heavy atom. The lowest BCUT2D eigenvalue weighted by Crippen LogP contribution is -2.22. The van der Waals surface area contributed by atoms with E-state index >= 15 is 0 Å². The zero-order valence-corrected chi connectivity index (χ0v) is 14.5. The van der Waals surface area contributed by atoms with Gasteiger partial charge in [0.05, 0.1) is 10.6 Å². The minimum absolute atomic E-state index is 0.236. The molecule has 23 heavy (non-hydrogen) atoms. The van der Waals surface area contributed by atoms with Crippen LogP contribution in [0.3, 0.4) is 0 Å². The first kappa shape index (κ1) is 15.9. The van der Waals surface area contributed by atoms with Crippen molar-refractivity contribution >= 4 is 21.4 Å². The van der Waals surface area contributed by atoms with E-state index < -0.39 is 10.0 Å². The molecule has 0 amide bonds. The average Bonchev–Trinajstić information content (AvgIpc) is 3.15. The van der Waals surface area contributed by atoms with Gasteiger partial charge in [0.15, 0.2) is 5.76 Å². The molecule has 120 valence electrons. The molecule has 0 saturated heterocycles. The van der Waals surface area contributed by atoms with Crippen molar-refractivity contribution in [2.24, 2.45) is 0 Å². The number of hydrogen-bond donors (Lipinski definition) is 0. The molecule has 2 heterocycles. The second-order valence-corrected chi connectivity index (χ2v) is 8.13. The summed E-state index contributed by atoms with van der Waals surface area (Å²) in [5.74, 6) is 0.568. The van der Waals surface area contributed by atoms with Crippen LogP contribution in [0.2, 0.25) is 0 Å². The van der Waals surface area contributed by atoms with Gasteiger partial charge < -0.3 is 4.52 Å². The van der Waals surface area contributed by atoms with Crippen molar-refractivity contribution in [2.75, 3.05) is 14.1 Å². The third-order valence-electron chi connectivity index (χ3n) is 3.26. The number of rotatable bonds is 4. The first-order valence-electron chi connectivity index (χ1n) is 6.81. The summed E-state index contributed by atoms with van der Waals surface area (Å²) in [5.41, 5.74) is 1.99. The van der Waals surface area contributed by atoms with Crippen LogP contribution in [-0.4, -0.2) is 37.0 Å². The maximum Gasteiger partial charge on any atom is 0.243 e. The Bertz CT molecular complexity index is 942. The molecule has 0 unspecified atom stereocenters. The van der Waals surface area contributed by atoms with Crippen LogP contribution in [0.4, 0.5) is 0 Å². The highest BCUT2D eigenvalue weighted by atomic mass is 32.2. The van der Waals surface area contributed by atoms with Crippen LogP contribution in [0.5, 0.6) is 0 Å². The van der Waals surface area contributed by atoms with Gasteiger partial charge in [-0.3, -0.25) is 0 Å². The summed E-state index contributed by atoms with van der Waals surface area (Å²) in [6.45, 7) is 1.83. The third-order valence-corrected chi connectivity index (χ3v) is 6.01. The van der Waals surface area contributed by atoms with Gasteiger partial charge in [-0.25, -0.2) is 17.7 Å². The number of sulfonamides is 1. The maximum atomic E-state index is 12.5. The molecule has 3 rings (SSSR count). The molecule has 8 heteroatoms. The highest BCUT2D eigenvalue weighted by Gasteiger charge is 2.23. The smallest absolute Gasteiger partial charge is 0.243 e. The van der Waals surface area contributed by atoms with Crippen molar-refractivity contribution < 1.29 is 12.9 Å². The second-order valence-electron chi connectivity index (χ2n) is 5.15. The van der Waals surface area contributed by atoms with Gasteiger partial charge in [-0.15, -0.1) is 11.3 Å². The maximum absolute atomic E-state index is 12.5. The van der Waals surface area contributed by atoms with Crippen LogP contribution in [0.25, 0.3) is 22.0 Å². The molecule has 0 aliphatic heterocycles. The van der Waals surface area contributed by atoms with Crippen molar-refractivity contribution in [3.8, 4) is 22.0 Å². The van der Waals surface area contributed by atoms with Gasteiger partial charge in [-0.1, -0.05) is 23.4 Å². The van der Waals surface area contributed by atoms with Crippen LogP contribution >= 0.6 is 11.3 Å². The Labute approximate surface area is 138 Å². The SMILES string of the molecule is Cc1cc(-c2csc(-c3ccccc3S(=O)(=O)N(C)C)n2)on1. The lowest BCUT2D eigenvalue weighted by Gasteiger charge is -2.13. The molecule has 0 saturated carbocycles. The molecule has 3 aromatic rings. The Morgan fingerprint density at radius 3 is 2.61 bits per heavy atom. The zero-order chi connectivity index (χ0) is 16.6. The van der Waals surface area contributed by atoms with Crippen LogP contribution < -0.4 is 0 Å². The molecular weight excluding hydrogens is 334 g/mol. The lowest BCUT2D eigenvalue weighted by molar-refractivity contribution is 0.426. The summed E-state index contributed by atoms with van der Waals surface area (Å²) >= 11 is 1.37. The number of benzene rings is 1. The summed E-state index contributed by atoms with van der Waals surface area (Å²) in [5, 5.41) is 6.29. The third kappa shape index (κ3) is 2.92. The number of aromatic nitrogens is 2. The molecule has 0 fully saturated rings. The summed E-state index contributed by atoms with van der Waals surface area (Å²) in [4.78, 5) is 4.74. The van der Waals surface area contributed by atoms with E-state index in [2.05, 4.69) is 10.1 Å². The predicted molar refractivity (Wildman–Crippen MR) is 88.7 cm³/mol. The van der Waals surface area contributed by atoms with Gasteiger partial charge in [0.25, 0.3) is 0 Å². The molecule has 0 aliphatic carbocycles. The van der Waals surface area contributed by atoms with Crippen molar-refractivity contribution in [3.05, 3.63) is 41.4 Å². The van der Waals surface area contributed by atoms with E-state index in [0.29, 0.717) is 22.0 Å². The Hall–Kier alpha value is -2.03. The standard InChI is InChI=1S/C15H15N3O3S2/c1-10-8-13(21-17-10)12-9-22-15(16-12)11-6-4-5-7-14(11)23(19,20)18(2)3/h4-9H,1-3H3. The summed E-state index contributed by atoms with van der Waals surface area (Å²) in [6, 6.07) is 8.63. The largest absolute Gasteiger partial charge is 0.354 e.